The first-order chi connectivity index (χ1) is 5.18. The van der Waals surface area contributed by atoms with Crippen molar-refractivity contribution in [1.82, 2.24) is 0 Å². The van der Waals surface area contributed by atoms with Crippen LogP contribution in [0.3, 0.4) is 0 Å². The Bertz CT molecular complexity index is 152. The van der Waals surface area contributed by atoms with Crippen LogP contribution >= 0.6 is 0 Å². The van der Waals surface area contributed by atoms with Crippen LogP contribution in [0.5, 0.6) is 0 Å². The Morgan fingerprint density at radius 3 is 2.23 bits per heavy atom. The largest absolute Gasteiger partial charge is 0.478 e. The second kappa shape index (κ2) is 11.1. The van der Waals surface area contributed by atoms with Crippen LogP contribution in [0.4, 0.5) is 0 Å². The van der Waals surface area contributed by atoms with E-state index >= 15 is 0 Å². The Balaban J connectivity index is -0.000000500. The summed E-state index contributed by atoms with van der Waals surface area (Å²) in [4.78, 5) is 10.3. The predicted octanol–water partition coefficient (Wildman–Crippen LogP) is 0.948. The molecule has 0 heterocycles. The molecule has 0 aromatic carbocycles. The molecule has 0 fully saturated rings. The number of allylic oxidation sites excluding steroid dienone is 1. The van der Waals surface area contributed by atoms with Gasteiger partial charge in [0, 0.05) is 5.57 Å². The molecule has 0 aliphatic carbocycles. The molecule has 0 aromatic heterocycles. The summed E-state index contributed by atoms with van der Waals surface area (Å²) in [7, 11) is 0. The lowest BCUT2D eigenvalue weighted by molar-refractivity contribution is -0.132. The Morgan fingerprint density at radius 1 is 1.31 bits per heavy atom. The number of unbranched alkanes of at least 4 members (excludes halogenated alkanes) is 3. The van der Waals surface area contributed by atoms with Crippen LogP contribution in [-0.4, -0.2) is 22.0 Å². The molecule has 80 valence electrons. The molecule has 0 saturated carbocycles. The lowest BCUT2D eigenvalue weighted by Gasteiger charge is -1.93. The van der Waals surface area contributed by atoms with Crippen molar-refractivity contribution in [3.05, 3.63) is 11.6 Å². The van der Waals surface area contributed by atoms with Crippen molar-refractivity contribution in [2.45, 2.75) is 39.5 Å². The van der Waals surface area contributed by atoms with E-state index in [4.69, 9.17) is 5.11 Å². The minimum Gasteiger partial charge on any atom is -0.478 e. The van der Waals surface area contributed by atoms with Crippen molar-refractivity contribution in [2.24, 2.45) is 0 Å². The minimum absolute atomic E-state index is 0. The average molecular weight is 192 g/mol. The molecular weight excluding hydrogens is 172 g/mol. The van der Waals surface area contributed by atoms with Crippen molar-refractivity contribution in [3.8, 4) is 0 Å². The summed E-state index contributed by atoms with van der Waals surface area (Å²) in [5, 5.41) is 8.47. The summed E-state index contributed by atoms with van der Waals surface area (Å²) >= 11 is 0. The smallest absolute Gasteiger partial charge is 0.330 e. The van der Waals surface area contributed by atoms with Gasteiger partial charge in [-0.2, -0.15) is 0 Å². The maximum atomic E-state index is 10.3. The molecule has 5 N–H and O–H groups in total. The zero-order valence-corrected chi connectivity index (χ0v) is 8.26. The first-order valence-electron chi connectivity index (χ1n) is 4.08. The van der Waals surface area contributed by atoms with Gasteiger partial charge in [0.15, 0.2) is 0 Å². The van der Waals surface area contributed by atoms with Gasteiger partial charge >= 0.3 is 5.97 Å². The van der Waals surface area contributed by atoms with Crippen LogP contribution in [0.25, 0.3) is 0 Å². The predicted molar refractivity (Wildman–Crippen MR) is 52.8 cm³/mol. The SMILES string of the molecule is CCCCCC=C(C)C(=O)O.O.O. The third kappa shape index (κ3) is 11.1. The highest BCUT2D eigenvalue weighted by atomic mass is 16.4. The quantitative estimate of drug-likeness (QED) is 0.518. The zero-order chi connectivity index (χ0) is 8.69. The van der Waals surface area contributed by atoms with Gasteiger partial charge in [-0.15, -0.1) is 0 Å². The van der Waals surface area contributed by atoms with Gasteiger partial charge in [0.25, 0.3) is 0 Å². The molecule has 0 radical (unpaired) electrons. The molecule has 0 aliphatic heterocycles. The van der Waals surface area contributed by atoms with Crippen LogP contribution in [0, 0.1) is 0 Å². The van der Waals surface area contributed by atoms with Gasteiger partial charge in [-0.1, -0.05) is 25.8 Å². The van der Waals surface area contributed by atoms with Gasteiger partial charge < -0.3 is 16.1 Å². The molecule has 4 heteroatoms. The van der Waals surface area contributed by atoms with E-state index in [2.05, 4.69) is 6.92 Å². The molecule has 0 atom stereocenters. The average Bonchev–Trinajstić information content (AvgIpc) is 1.97. The third-order valence-electron chi connectivity index (χ3n) is 1.60. The van der Waals surface area contributed by atoms with Crippen molar-refractivity contribution >= 4 is 5.97 Å². The first-order valence-corrected chi connectivity index (χ1v) is 4.08. The zero-order valence-electron chi connectivity index (χ0n) is 8.26. The van der Waals surface area contributed by atoms with Crippen LogP contribution in [0.1, 0.15) is 39.5 Å². The van der Waals surface area contributed by atoms with Crippen LogP contribution in [0.15, 0.2) is 11.6 Å². The number of rotatable bonds is 5. The van der Waals surface area contributed by atoms with E-state index in [0.717, 1.165) is 12.8 Å². The molecule has 0 aromatic rings. The lowest BCUT2D eigenvalue weighted by Crippen LogP contribution is -1.95. The topological polar surface area (TPSA) is 100 Å². The summed E-state index contributed by atoms with van der Waals surface area (Å²) in [6, 6.07) is 0. The maximum absolute atomic E-state index is 10.3. The molecule has 0 bridgehead atoms. The fourth-order valence-electron chi connectivity index (χ4n) is 0.800. The Kier molecular flexibility index (Phi) is 15.4. The highest BCUT2D eigenvalue weighted by Gasteiger charge is 1.96. The second-order valence-corrected chi connectivity index (χ2v) is 2.69. The first kappa shape index (κ1) is 18.0. The molecule has 4 nitrogen and oxygen atoms in total. The summed E-state index contributed by atoms with van der Waals surface area (Å²) in [5.74, 6) is -0.804. The lowest BCUT2D eigenvalue weighted by atomic mass is 10.1. The monoisotopic (exact) mass is 192 g/mol. The molecule has 0 unspecified atom stereocenters. The van der Waals surface area contributed by atoms with Gasteiger partial charge in [0.1, 0.15) is 0 Å². The molecule has 0 spiro atoms. The van der Waals surface area contributed by atoms with Crippen molar-refractivity contribution in [3.63, 3.8) is 0 Å². The van der Waals surface area contributed by atoms with E-state index in [1.165, 1.54) is 12.8 Å². The number of carbonyl (C=O) groups is 1. The van der Waals surface area contributed by atoms with E-state index in [-0.39, 0.29) is 11.0 Å². The van der Waals surface area contributed by atoms with Gasteiger partial charge in [-0.3, -0.25) is 0 Å². The fourth-order valence-corrected chi connectivity index (χ4v) is 0.800. The van der Waals surface area contributed by atoms with E-state index in [9.17, 15) is 4.79 Å². The number of carboxylic acids is 1. The van der Waals surface area contributed by atoms with E-state index in [0.29, 0.717) is 5.57 Å². The second-order valence-electron chi connectivity index (χ2n) is 2.69. The Morgan fingerprint density at radius 2 is 1.85 bits per heavy atom. The van der Waals surface area contributed by atoms with Gasteiger partial charge in [-0.25, -0.2) is 4.79 Å². The number of hydrogen-bond donors (Lipinski definition) is 1. The van der Waals surface area contributed by atoms with Gasteiger partial charge in [0.2, 0.25) is 0 Å². The van der Waals surface area contributed by atoms with Crippen molar-refractivity contribution in [2.75, 3.05) is 0 Å². The maximum Gasteiger partial charge on any atom is 0.330 e. The van der Waals surface area contributed by atoms with Crippen LogP contribution < -0.4 is 0 Å². The molecule has 0 aliphatic rings. The van der Waals surface area contributed by atoms with Crippen LogP contribution in [0.2, 0.25) is 0 Å². The van der Waals surface area contributed by atoms with Crippen molar-refractivity contribution < 1.29 is 20.9 Å². The third-order valence-corrected chi connectivity index (χ3v) is 1.60. The summed E-state index contributed by atoms with van der Waals surface area (Å²) in [5.41, 5.74) is 0.459. The van der Waals surface area contributed by atoms with E-state index < -0.39 is 5.97 Å². The molecule has 13 heavy (non-hydrogen) atoms. The summed E-state index contributed by atoms with van der Waals surface area (Å²) in [6.07, 6.45) is 6.15. The number of aliphatic carboxylic acids is 1. The van der Waals surface area contributed by atoms with E-state index in [1.807, 2.05) is 0 Å². The Hall–Kier alpha value is -0.870. The normalized spacial score (nSPS) is 9.85. The minimum atomic E-state index is -0.804. The molecule has 0 rings (SSSR count). The summed E-state index contributed by atoms with van der Waals surface area (Å²) < 4.78 is 0. The van der Waals surface area contributed by atoms with Gasteiger partial charge in [0.05, 0.1) is 0 Å². The fraction of sp³-hybridized carbons (Fsp3) is 0.667. The molecule has 0 saturated heterocycles. The Labute approximate surface area is 78.9 Å². The van der Waals surface area contributed by atoms with Crippen molar-refractivity contribution in [1.29, 1.82) is 0 Å². The summed E-state index contributed by atoms with van der Waals surface area (Å²) in [6.45, 7) is 3.77. The molecule has 0 amide bonds. The molecular formula is C9H20O4. The van der Waals surface area contributed by atoms with E-state index in [1.54, 1.807) is 13.0 Å². The highest BCUT2D eigenvalue weighted by molar-refractivity contribution is 5.85. The van der Waals surface area contributed by atoms with Crippen LogP contribution in [-0.2, 0) is 4.79 Å². The van der Waals surface area contributed by atoms with Gasteiger partial charge in [-0.05, 0) is 19.8 Å². The standard InChI is InChI=1S/C9H16O2.2H2O/c1-3-4-5-6-7-8(2)9(10)11;;/h7H,3-6H2,1-2H3,(H,10,11);2*1H2. The number of carboxylic acid groups (broad SMARTS) is 1. The highest BCUT2D eigenvalue weighted by Crippen LogP contribution is 2.02. The number of hydrogen-bond acceptors (Lipinski definition) is 1.